The summed E-state index contributed by atoms with van der Waals surface area (Å²) < 4.78 is 11.3. The van der Waals surface area contributed by atoms with Gasteiger partial charge in [0.1, 0.15) is 0 Å². The van der Waals surface area contributed by atoms with Gasteiger partial charge in [0.2, 0.25) is 0 Å². The van der Waals surface area contributed by atoms with Crippen molar-refractivity contribution in [2.45, 2.75) is 33.7 Å². The van der Waals surface area contributed by atoms with E-state index in [9.17, 15) is 0 Å². The molecule has 0 aliphatic carbocycles. The molecule has 1 unspecified atom stereocenters. The third-order valence-corrected chi connectivity index (χ3v) is 3.75. The van der Waals surface area contributed by atoms with Gasteiger partial charge in [0.05, 0.1) is 13.2 Å². The van der Waals surface area contributed by atoms with E-state index in [2.05, 4.69) is 38.2 Å². The Hall–Kier alpha value is -1.22. The van der Waals surface area contributed by atoms with E-state index in [1.165, 1.54) is 5.56 Å². The summed E-state index contributed by atoms with van der Waals surface area (Å²) in [6.07, 6.45) is 0.953. The van der Waals surface area contributed by atoms with E-state index in [0.717, 1.165) is 50.1 Å². The van der Waals surface area contributed by atoms with Gasteiger partial charge in [-0.2, -0.15) is 0 Å². The lowest BCUT2D eigenvalue weighted by atomic mass is 9.98. The number of benzene rings is 1. The van der Waals surface area contributed by atoms with E-state index in [-0.39, 0.29) is 0 Å². The molecule has 2 rings (SSSR count). The maximum absolute atomic E-state index is 5.70. The zero-order chi connectivity index (χ0) is 13.7. The maximum atomic E-state index is 5.70. The fourth-order valence-corrected chi connectivity index (χ4v) is 2.00. The number of ether oxygens (including phenoxy) is 2. The summed E-state index contributed by atoms with van der Waals surface area (Å²) in [5, 5.41) is 3.51. The van der Waals surface area contributed by atoms with E-state index < -0.39 is 0 Å². The van der Waals surface area contributed by atoms with Gasteiger partial charge in [-0.1, -0.05) is 26.8 Å². The molecule has 0 bridgehead atoms. The van der Waals surface area contributed by atoms with Gasteiger partial charge >= 0.3 is 0 Å². The molecule has 106 valence electrons. The minimum atomic E-state index is 0.695. The quantitative estimate of drug-likeness (QED) is 0.884. The van der Waals surface area contributed by atoms with E-state index in [1.807, 2.05) is 6.07 Å². The molecule has 1 N–H and O–H groups in total. The molecule has 0 radical (unpaired) electrons. The van der Waals surface area contributed by atoms with Crippen molar-refractivity contribution in [2.75, 3.05) is 19.8 Å². The molecule has 3 nitrogen and oxygen atoms in total. The minimum absolute atomic E-state index is 0.695. The molecule has 1 aliphatic rings. The molecule has 19 heavy (non-hydrogen) atoms. The summed E-state index contributed by atoms with van der Waals surface area (Å²) in [5.74, 6) is 3.17. The molecular weight excluding hydrogens is 238 g/mol. The lowest BCUT2D eigenvalue weighted by Gasteiger charge is -2.16. The van der Waals surface area contributed by atoms with Crippen LogP contribution in [0, 0.1) is 11.8 Å². The molecule has 3 heteroatoms. The topological polar surface area (TPSA) is 30.5 Å². The predicted molar refractivity (Wildman–Crippen MR) is 77.8 cm³/mol. The lowest BCUT2D eigenvalue weighted by Crippen LogP contribution is -2.23. The summed E-state index contributed by atoms with van der Waals surface area (Å²) in [7, 11) is 0. The van der Waals surface area contributed by atoms with Gasteiger partial charge in [-0.15, -0.1) is 0 Å². The molecule has 0 aromatic heterocycles. The van der Waals surface area contributed by atoms with Gasteiger partial charge in [0.15, 0.2) is 11.5 Å². The first-order valence-corrected chi connectivity index (χ1v) is 7.26. The molecular formula is C16H25NO2. The second-order valence-corrected chi connectivity index (χ2v) is 5.68. The second-order valence-electron chi connectivity index (χ2n) is 5.68. The number of hydrogen-bond acceptors (Lipinski definition) is 3. The summed E-state index contributed by atoms with van der Waals surface area (Å²) >= 11 is 0. The molecule has 0 spiro atoms. The van der Waals surface area contributed by atoms with Gasteiger partial charge in [0, 0.05) is 13.0 Å². The fraction of sp³-hybridized carbons (Fsp3) is 0.625. The SMILES string of the molecule is CC(C)C(C)CNCc1ccc2c(c1)OCCCO2. The average molecular weight is 263 g/mol. The predicted octanol–water partition coefficient (Wildman–Crippen LogP) is 3.23. The van der Waals surface area contributed by atoms with Crippen molar-refractivity contribution in [1.82, 2.24) is 5.32 Å². The molecule has 1 heterocycles. The van der Waals surface area contributed by atoms with Crippen molar-refractivity contribution in [1.29, 1.82) is 0 Å². The van der Waals surface area contributed by atoms with Crippen LogP contribution >= 0.6 is 0 Å². The van der Waals surface area contributed by atoms with Crippen LogP contribution in [0.2, 0.25) is 0 Å². The number of nitrogens with one attached hydrogen (secondary N) is 1. The minimum Gasteiger partial charge on any atom is -0.490 e. The smallest absolute Gasteiger partial charge is 0.161 e. The van der Waals surface area contributed by atoms with Crippen LogP contribution in [0.1, 0.15) is 32.8 Å². The van der Waals surface area contributed by atoms with Crippen LogP contribution in [0.25, 0.3) is 0 Å². The van der Waals surface area contributed by atoms with Crippen molar-refractivity contribution < 1.29 is 9.47 Å². The highest BCUT2D eigenvalue weighted by atomic mass is 16.5. The molecule has 1 aromatic rings. The maximum Gasteiger partial charge on any atom is 0.161 e. The number of fused-ring (bicyclic) bond motifs is 1. The van der Waals surface area contributed by atoms with E-state index in [1.54, 1.807) is 0 Å². The zero-order valence-corrected chi connectivity index (χ0v) is 12.2. The molecule has 0 fully saturated rings. The summed E-state index contributed by atoms with van der Waals surface area (Å²) in [4.78, 5) is 0. The van der Waals surface area contributed by atoms with Crippen LogP contribution in [-0.2, 0) is 6.54 Å². The third kappa shape index (κ3) is 4.13. The molecule has 0 amide bonds. The van der Waals surface area contributed by atoms with Crippen molar-refractivity contribution in [3.05, 3.63) is 23.8 Å². The Morgan fingerprint density at radius 1 is 1.11 bits per heavy atom. The van der Waals surface area contributed by atoms with Crippen LogP contribution in [0.3, 0.4) is 0 Å². The Kier molecular flexibility index (Phi) is 5.08. The van der Waals surface area contributed by atoms with Gasteiger partial charge < -0.3 is 14.8 Å². The first kappa shape index (κ1) is 14.2. The highest BCUT2D eigenvalue weighted by molar-refractivity contribution is 5.43. The van der Waals surface area contributed by atoms with Gasteiger partial charge in [-0.25, -0.2) is 0 Å². The largest absolute Gasteiger partial charge is 0.490 e. The Bertz CT molecular complexity index is 404. The Labute approximate surface area is 116 Å². The molecule has 1 aliphatic heterocycles. The Morgan fingerprint density at radius 2 is 1.84 bits per heavy atom. The van der Waals surface area contributed by atoms with E-state index in [4.69, 9.17) is 9.47 Å². The molecule has 1 atom stereocenters. The monoisotopic (exact) mass is 263 g/mol. The van der Waals surface area contributed by atoms with Crippen LogP contribution in [-0.4, -0.2) is 19.8 Å². The average Bonchev–Trinajstić information content (AvgIpc) is 2.63. The van der Waals surface area contributed by atoms with Gasteiger partial charge in [-0.3, -0.25) is 0 Å². The highest BCUT2D eigenvalue weighted by Gasteiger charge is 2.11. The van der Waals surface area contributed by atoms with Gasteiger partial charge in [0.25, 0.3) is 0 Å². The number of hydrogen-bond donors (Lipinski definition) is 1. The number of rotatable bonds is 5. The molecule has 0 saturated heterocycles. The van der Waals surface area contributed by atoms with Crippen molar-refractivity contribution >= 4 is 0 Å². The first-order valence-electron chi connectivity index (χ1n) is 7.26. The van der Waals surface area contributed by atoms with Crippen LogP contribution < -0.4 is 14.8 Å². The molecule has 0 saturated carbocycles. The Morgan fingerprint density at radius 3 is 2.58 bits per heavy atom. The fourth-order valence-electron chi connectivity index (χ4n) is 2.00. The van der Waals surface area contributed by atoms with Gasteiger partial charge in [-0.05, 0) is 36.1 Å². The summed E-state index contributed by atoms with van der Waals surface area (Å²) in [6, 6.07) is 6.22. The van der Waals surface area contributed by atoms with Crippen molar-refractivity contribution in [3.63, 3.8) is 0 Å². The zero-order valence-electron chi connectivity index (χ0n) is 12.2. The third-order valence-electron chi connectivity index (χ3n) is 3.75. The van der Waals surface area contributed by atoms with E-state index >= 15 is 0 Å². The first-order chi connectivity index (χ1) is 9.16. The molecule has 1 aromatic carbocycles. The summed E-state index contributed by atoms with van der Waals surface area (Å²) in [6.45, 7) is 10.2. The van der Waals surface area contributed by atoms with Crippen molar-refractivity contribution in [2.24, 2.45) is 11.8 Å². The highest BCUT2D eigenvalue weighted by Crippen LogP contribution is 2.30. The normalized spacial score (nSPS) is 16.2. The lowest BCUT2D eigenvalue weighted by molar-refractivity contribution is 0.297. The summed E-state index contributed by atoms with van der Waals surface area (Å²) in [5.41, 5.74) is 1.25. The second kappa shape index (κ2) is 6.80. The van der Waals surface area contributed by atoms with Crippen LogP contribution in [0.4, 0.5) is 0 Å². The van der Waals surface area contributed by atoms with Crippen molar-refractivity contribution in [3.8, 4) is 11.5 Å². The van der Waals surface area contributed by atoms with Crippen LogP contribution in [0.5, 0.6) is 11.5 Å². The Balaban J connectivity index is 1.89. The standard InChI is InChI=1S/C16H25NO2/c1-12(2)13(3)10-17-11-14-5-6-15-16(9-14)19-8-4-7-18-15/h5-6,9,12-13,17H,4,7-8,10-11H2,1-3H3. The van der Waals surface area contributed by atoms with Crippen LogP contribution in [0.15, 0.2) is 18.2 Å². The van der Waals surface area contributed by atoms with E-state index in [0.29, 0.717) is 5.92 Å².